The van der Waals surface area contributed by atoms with Gasteiger partial charge in [-0.25, -0.2) is 0 Å². The van der Waals surface area contributed by atoms with Gasteiger partial charge >= 0.3 is 0 Å². The summed E-state index contributed by atoms with van der Waals surface area (Å²) in [6.45, 7) is 12.0. The van der Waals surface area contributed by atoms with Crippen LogP contribution in [0.4, 0.5) is 0 Å². The summed E-state index contributed by atoms with van der Waals surface area (Å²) >= 11 is 8.05. The van der Waals surface area contributed by atoms with Crippen LogP contribution in [0, 0.1) is 5.92 Å². The first-order valence-corrected chi connectivity index (χ1v) is 8.30. The maximum atomic E-state index is 6.11. The molecule has 0 amide bonds. The van der Waals surface area contributed by atoms with Crippen LogP contribution >= 0.6 is 23.4 Å². The molecule has 3 heteroatoms. The van der Waals surface area contributed by atoms with Crippen molar-refractivity contribution in [1.82, 2.24) is 5.32 Å². The lowest BCUT2D eigenvalue weighted by atomic mass is 10.1. The van der Waals surface area contributed by atoms with Gasteiger partial charge in [0, 0.05) is 22.0 Å². The minimum absolute atomic E-state index is 0.127. The van der Waals surface area contributed by atoms with Gasteiger partial charge in [0.15, 0.2) is 0 Å². The predicted molar refractivity (Wildman–Crippen MR) is 88.2 cm³/mol. The highest BCUT2D eigenvalue weighted by molar-refractivity contribution is 7.99. The van der Waals surface area contributed by atoms with Crippen molar-refractivity contribution in [3.63, 3.8) is 0 Å². The third-order valence-corrected chi connectivity index (χ3v) is 4.17. The van der Waals surface area contributed by atoms with E-state index in [0.29, 0.717) is 0 Å². The van der Waals surface area contributed by atoms with E-state index in [9.17, 15) is 0 Å². The average molecular weight is 300 g/mol. The van der Waals surface area contributed by atoms with Gasteiger partial charge in [-0.2, -0.15) is 0 Å². The molecule has 0 heterocycles. The third-order valence-electron chi connectivity index (χ3n) is 2.78. The van der Waals surface area contributed by atoms with Gasteiger partial charge in [0.25, 0.3) is 0 Å². The van der Waals surface area contributed by atoms with Crippen LogP contribution in [0.5, 0.6) is 0 Å². The number of thioether (sulfide) groups is 1. The van der Waals surface area contributed by atoms with Crippen molar-refractivity contribution in [2.24, 2.45) is 5.92 Å². The molecule has 19 heavy (non-hydrogen) atoms. The van der Waals surface area contributed by atoms with Crippen molar-refractivity contribution in [2.45, 2.75) is 58.0 Å². The van der Waals surface area contributed by atoms with Crippen molar-refractivity contribution in [3.8, 4) is 0 Å². The van der Waals surface area contributed by atoms with E-state index in [-0.39, 0.29) is 5.54 Å². The number of rotatable bonds is 6. The highest BCUT2D eigenvalue weighted by Crippen LogP contribution is 2.27. The SMILES string of the molecule is CC(C)CCSc1ccc(Cl)cc1CNC(C)(C)C. The second-order valence-corrected chi connectivity index (χ2v) is 7.96. The van der Waals surface area contributed by atoms with Crippen LogP contribution in [0.25, 0.3) is 0 Å². The molecule has 0 atom stereocenters. The largest absolute Gasteiger partial charge is 0.308 e. The fraction of sp³-hybridized carbons (Fsp3) is 0.625. The lowest BCUT2D eigenvalue weighted by Crippen LogP contribution is -2.35. The monoisotopic (exact) mass is 299 g/mol. The van der Waals surface area contributed by atoms with Crippen LogP contribution < -0.4 is 5.32 Å². The molecule has 1 aromatic rings. The molecule has 1 N–H and O–H groups in total. The fourth-order valence-electron chi connectivity index (χ4n) is 1.59. The summed E-state index contributed by atoms with van der Waals surface area (Å²) in [5.74, 6) is 1.93. The second kappa shape index (κ2) is 7.56. The Hall–Kier alpha value is -0.180. The zero-order valence-electron chi connectivity index (χ0n) is 12.7. The first-order chi connectivity index (χ1) is 8.78. The first kappa shape index (κ1) is 16.9. The number of nitrogens with one attached hydrogen (secondary N) is 1. The molecule has 0 aromatic heterocycles. The number of benzene rings is 1. The Morgan fingerprint density at radius 2 is 1.95 bits per heavy atom. The Morgan fingerprint density at radius 1 is 1.26 bits per heavy atom. The molecule has 0 aliphatic carbocycles. The maximum absolute atomic E-state index is 6.11. The van der Waals surface area contributed by atoms with Crippen LogP contribution in [0.3, 0.4) is 0 Å². The Morgan fingerprint density at radius 3 is 2.53 bits per heavy atom. The van der Waals surface area contributed by atoms with E-state index in [2.05, 4.69) is 52.1 Å². The summed E-state index contributed by atoms with van der Waals surface area (Å²) in [7, 11) is 0. The molecule has 0 bridgehead atoms. The van der Waals surface area contributed by atoms with Crippen molar-refractivity contribution >= 4 is 23.4 Å². The number of hydrogen-bond donors (Lipinski definition) is 1. The van der Waals surface area contributed by atoms with Gasteiger partial charge in [0.1, 0.15) is 0 Å². The van der Waals surface area contributed by atoms with E-state index in [1.165, 1.54) is 22.6 Å². The van der Waals surface area contributed by atoms with Gasteiger partial charge in [-0.05, 0) is 62.6 Å². The zero-order chi connectivity index (χ0) is 14.5. The molecule has 0 fully saturated rings. The van der Waals surface area contributed by atoms with Crippen LogP contribution in [0.15, 0.2) is 23.1 Å². The second-order valence-electron chi connectivity index (χ2n) is 6.39. The summed E-state index contributed by atoms with van der Waals surface area (Å²) < 4.78 is 0. The van der Waals surface area contributed by atoms with Gasteiger partial charge < -0.3 is 5.32 Å². The molecular formula is C16H26ClNS. The van der Waals surface area contributed by atoms with E-state index >= 15 is 0 Å². The zero-order valence-corrected chi connectivity index (χ0v) is 14.3. The Kier molecular flexibility index (Phi) is 6.72. The molecule has 1 aromatic carbocycles. The van der Waals surface area contributed by atoms with Crippen molar-refractivity contribution in [2.75, 3.05) is 5.75 Å². The summed E-state index contributed by atoms with van der Waals surface area (Å²) in [4.78, 5) is 1.35. The van der Waals surface area contributed by atoms with Gasteiger partial charge in [0.05, 0.1) is 0 Å². The number of halogens is 1. The Labute approximate surface area is 127 Å². The average Bonchev–Trinajstić information content (AvgIpc) is 2.27. The van der Waals surface area contributed by atoms with Gasteiger partial charge in [0.2, 0.25) is 0 Å². The van der Waals surface area contributed by atoms with Crippen LogP contribution in [0.2, 0.25) is 5.02 Å². The van der Waals surface area contributed by atoms with Crippen LogP contribution in [-0.2, 0) is 6.54 Å². The summed E-state index contributed by atoms with van der Waals surface area (Å²) in [5, 5.41) is 4.35. The quantitative estimate of drug-likeness (QED) is 0.709. The molecule has 0 aliphatic heterocycles. The summed E-state index contributed by atoms with van der Waals surface area (Å²) in [5.41, 5.74) is 1.43. The highest BCUT2D eigenvalue weighted by Gasteiger charge is 2.11. The van der Waals surface area contributed by atoms with Crippen LogP contribution in [0.1, 0.15) is 46.6 Å². The van der Waals surface area contributed by atoms with Crippen LogP contribution in [-0.4, -0.2) is 11.3 Å². The van der Waals surface area contributed by atoms with Crippen molar-refractivity contribution < 1.29 is 0 Å². The number of hydrogen-bond acceptors (Lipinski definition) is 2. The molecule has 0 saturated carbocycles. The van der Waals surface area contributed by atoms with Crippen molar-refractivity contribution in [1.29, 1.82) is 0 Å². The van der Waals surface area contributed by atoms with E-state index < -0.39 is 0 Å². The van der Waals surface area contributed by atoms with Gasteiger partial charge in [-0.3, -0.25) is 0 Å². The molecule has 108 valence electrons. The molecule has 0 radical (unpaired) electrons. The van der Waals surface area contributed by atoms with E-state index in [1.807, 2.05) is 17.8 Å². The molecule has 1 rings (SSSR count). The smallest absolute Gasteiger partial charge is 0.0410 e. The van der Waals surface area contributed by atoms with E-state index in [4.69, 9.17) is 11.6 Å². The predicted octanol–water partition coefficient (Wildman–Crippen LogP) is 5.37. The maximum Gasteiger partial charge on any atom is 0.0410 e. The lowest BCUT2D eigenvalue weighted by molar-refractivity contribution is 0.422. The first-order valence-electron chi connectivity index (χ1n) is 6.94. The standard InChI is InChI=1S/C16H26ClNS/c1-12(2)8-9-19-15-7-6-14(17)10-13(15)11-18-16(3,4)5/h6-7,10,12,18H,8-9,11H2,1-5H3. The molecule has 0 aliphatic rings. The molecule has 0 saturated heterocycles. The van der Waals surface area contributed by atoms with Gasteiger partial charge in [-0.15, -0.1) is 11.8 Å². The highest BCUT2D eigenvalue weighted by atomic mass is 35.5. The minimum Gasteiger partial charge on any atom is -0.308 e. The lowest BCUT2D eigenvalue weighted by Gasteiger charge is -2.21. The van der Waals surface area contributed by atoms with E-state index in [0.717, 1.165) is 17.5 Å². The topological polar surface area (TPSA) is 12.0 Å². The summed E-state index contributed by atoms with van der Waals surface area (Å²) in [6.07, 6.45) is 1.25. The molecule has 1 nitrogen and oxygen atoms in total. The fourth-order valence-corrected chi connectivity index (χ4v) is 3.08. The Balaban J connectivity index is 2.68. The van der Waals surface area contributed by atoms with Crippen molar-refractivity contribution in [3.05, 3.63) is 28.8 Å². The normalized spacial score (nSPS) is 12.2. The molecule has 0 unspecified atom stereocenters. The molecular weight excluding hydrogens is 274 g/mol. The summed E-state index contributed by atoms with van der Waals surface area (Å²) in [6, 6.07) is 6.21. The molecule has 0 spiro atoms. The Bertz CT molecular complexity index is 396. The van der Waals surface area contributed by atoms with Gasteiger partial charge in [-0.1, -0.05) is 25.4 Å². The third kappa shape index (κ3) is 7.24. The minimum atomic E-state index is 0.127. The van der Waals surface area contributed by atoms with E-state index in [1.54, 1.807) is 0 Å².